The number of nitrogens with one attached hydrogen (secondary N) is 1. The van der Waals surface area contributed by atoms with Gasteiger partial charge in [-0.25, -0.2) is 24.9 Å². The Hall–Kier alpha value is -4.53. The third kappa shape index (κ3) is 7.26. The molecule has 0 amide bonds. The fraction of sp³-hybridized carbons (Fsp3) is 0.207. The van der Waals surface area contributed by atoms with Crippen molar-refractivity contribution in [3.63, 3.8) is 0 Å². The van der Waals surface area contributed by atoms with E-state index in [2.05, 4.69) is 72.2 Å². The van der Waals surface area contributed by atoms with Gasteiger partial charge in [-0.15, -0.1) is 0 Å². The molecule has 38 heavy (non-hydrogen) atoms. The maximum atomic E-state index is 4.71. The SMILES string of the molecule is C=C/C(=C\C)c1cc([B]c2nc(C(N=CN=CC)=NC)nc(C(=NC)NCC)n2)cc(-c2ccccc2)c1. The summed E-state index contributed by atoms with van der Waals surface area (Å²) in [6, 6.07) is 16.6. The molecule has 1 radical (unpaired) electrons. The molecule has 1 heterocycles. The van der Waals surface area contributed by atoms with Crippen molar-refractivity contribution >= 4 is 48.3 Å². The number of rotatable bonds is 9. The molecule has 3 aromatic rings. The van der Waals surface area contributed by atoms with Gasteiger partial charge in [-0.3, -0.25) is 9.98 Å². The monoisotopic (exact) mass is 503 g/mol. The summed E-state index contributed by atoms with van der Waals surface area (Å²) in [6.45, 7) is 10.5. The van der Waals surface area contributed by atoms with Crippen molar-refractivity contribution in [3.05, 3.63) is 84.5 Å². The van der Waals surface area contributed by atoms with Gasteiger partial charge in [0.25, 0.3) is 0 Å². The second-order valence-electron chi connectivity index (χ2n) is 7.94. The molecule has 1 aromatic heterocycles. The van der Waals surface area contributed by atoms with Gasteiger partial charge >= 0.3 is 0 Å². The highest BCUT2D eigenvalue weighted by molar-refractivity contribution is 6.66. The first-order chi connectivity index (χ1) is 18.6. The summed E-state index contributed by atoms with van der Waals surface area (Å²) in [7, 11) is 5.25. The number of amidine groups is 2. The molecule has 3 rings (SSSR count). The van der Waals surface area contributed by atoms with Gasteiger partial charge < -0.3 is 5.32 Å². The molecule has 0 bridgehead atoms. The molecule has 0 saturated heterocycles. The molecule has 2 aromatic carbocycles. The lowest BCUT2D eigenvalue weighted by molar-refractivity contribution is 0.930. The van der Waals surface area contributed by atoms with Crippen LogP contribution in [0.5, 0.6) is 0 Å². The maximum Gasteiger partial charge on any atom is 0.243 e. The quantitative estimate of drug-likeness (QED) is 0.210. The van der Waals surface area contributed by atoms with Gasteiger partial charge in [0, 0.05) is 26.9 Å². The summed E-state index contributed by atoms with van der Waals surface area (Å²) in [5.74, 6) is 1.62. The standard InChI is InChI=1S/C29H32BN8/c1-7-20(8-2)22-16-23(21-14-12-11-13-15-21)18-24(17-22)30-29-37-27(25(31-5)34-10-4)36-28(38-29)26(32-6)35-19-33-9-3/h7-9,11-19H,1,10H2,2-6H3,(H,31,34)/b20-8+,32-26?,33-9?,35-19?. The molecule has 8 nitrogen and oxygen atoms in total. The number of nitrogens with zero attached hydrogens (tertiary/aromatic N) is 7. The van der Waals surface area contributed by atoms with E-state index in [4.69, 9.17) is 4.98 Å². The summed E-state index contributed by atoms with van der Waals surface area (Å²) >= 11 is 0. The lowest BCUT2D eigenvalue weighted by Crippen LogP contribution is -2.38. The summed E-state index contributed by atoms with van der Waals surface area (Å²) in [6.07, 6.45) is 6.95. The Balaban J connectivity index is 2.16. The van der Waals surface area contributed by atoms with Crippen molar-refractivity contribution < 1.29 is 0 Å². The fourth-order valence-corrected chi connectivity index (χ4v) is 3.71. The lowest BCUT2D eigenvalue weighted by atomic mass is 9.68. The molecule has 0 saturated carbocycles. The molecule has 0 unspecified atom stereocenters. The van der Waals surface area contributed by atoms with Crippen molar-refractivity contribution in [2.24, 2.45) is 20.0 Å². The second-order valence-corrected chi connectivity index (χ2v) is 7.94. The average molecular weight is 503 g/mol. The van der Waals surface area contributed by atoms with Gasteiger partial charge in [-0.1, -0.05) is 66.7 Å². The van der Waals surface area contributed by atoms with E-state index in [1.165, 1.54) is 6.34 Å². The molecule has 0 aliphatic carbocycles. The van der Waals surface area contributed by atoms with Crippen LogP contribution in [-0.2, 0) is 0 Å². The number of allylic oxidation sites excluding steroid dienone is 3. The van der Waals surface area contributed by atoms with Crippen LogP contribution in [0.2, 0.25) is 0 Å². The van der Waals surface area contributed by atoms with Crippen molar-refractivity contribution in [1.82, 2.24) is 20.3 Å². The highest BCUT2D eigenvalue weighted by Crippen LogP contribution is 2.23. The molecular weight excluding hydrogens is 471 g/mol. The van der Waals surface area contributed by atoms with Crippen LogP contribution in [0.25, 0.3) is 16.7 Å². The number of aliphatic imine (C=N–C) groups is 4. The summed E-state index contributed by atoms with van der Waals surface area (Å²) < 4.78 is 0. The predicted octanol–water partition coefficient (Wildman–Crippen LogP) is 3.26. The molecular formula is C29H32BN8. The van der Waals surface area contributed by atoms with Crippen LogP contribution >= 0.6 is 0 Å². The number of hydrogen-bond acceptors (Lipinski definition) is 5. The maximum absolute atomic E-state index is 4.71. The third-order valence-electron chi connectivity index (χ3n) is 5.46. The summed E-state index contributed by atoms with van der Waals surface area (Å²) in [4.78, 5) is 30.9. The van der Waals surface area contributed by atoms with Crippen molar-refractivity contribution in [2.45, 2.75) is 20.8 Å². The molecule has 191 valence electrons. The molecule has 9 heteroatoms. The van der Waals surface area contributed by atoms with Gasteiger partial charge in [0.05, 0.1) is 5.72 Å². The fourth-order valence-electron chi connectivity index (χ4n) is 3.71. The minimum Gasteiger partial charge on any atom is -0.368 e. The van der Waals surface area contributed by atoms with E-state index in [1.807, 2.05) is 58.4 Å². The zero-order valence-corrected chi connectivity index (χ0v) is 22.6. The molecule has 0 aliphatic heterocycles. The first-order valence-electron chi connectivity index (χ1n) is 12.4. The first-order valence-corrected chi connectivity index (χ1v) is 12.4. The van der Waals surface area contributed by atoms with E-state index in [0.29, 0.717) is 35.6 Å². The second kappa shape index (κ2) is 14.3. The average Bonchev–Trinajstić information content (AvgIpc) is 2.95. The predicted molar refractivity (Wildman–Crippen MR) is 162 cm³/mol. The van der Waals surface area contributed by atoms with Crippen LogP contribution in [0.4, 0.5) is 0 Å². The zero-order chi connectivity index (χ0) is 27.3. The zero-order valence-electron chi connectivity index (χ0n) is 22.6. The normalized spacial score (nSPS) is 12.8. The van der Waals surface area contributed by atoms with Gasteiger partial charge in [0.2, 0.25) is 7.28 Å². The van der Waals surface area contributed by atoms with E-state index < -0.39 is 0 Å². The van der Waals surface area contributed by atoms with Gasteiger partial charge in [-0.05, 0) is 49.1 Å². The number of aromatic nitrogens is 3. The largest absolute Gasteiger partial charge is 0.368 e. The van der Waals surface area contributed by atoms with Crippen LogP contribution in [0.1, 0.15) is 38.0 Å². The van der Waals surface area contributed by atoms with Crippen molar-refractivity contribution in [2.75, 3.05) is 20.6 Å². The van der Waals surface area contributed by atoms with Crippen LogP contribution in [0.3, 0.4) is 0 Å². The first kappa shape index (κ1) is 28.1. The Morgan fingerprint density at radius 1 is 0.974 bits per heavy atom. The van der Waals surface area contributed by atoms with Crippen LogP contribution in [0.15, 0.2) is 87.2 Å². The van der Waals surface area contributed by atoms with E-state index >= 15 is 0 Å². The smallest absolute Gasteiger partial charge is 0.243 e. The van der Waals surface area contributed by atoms with Crippen molar-refractivity contribution in [3.8, 4) is 11.1 Å². The van der Waals surface area contributed by atoms with Gasteiger partial charge in [0.15, 0.2) is 23.3 Å². The van der Waals surface area contributed by atoms with E-state index in [9.17, 15) is 0 Å². The van der Waals surface area contributed by atoms with Crippen LogP contribution in [0, 0.1) is 0 Å². The number of benzene rings is 2. The Kier molecular flexibility index (Phi) is 10.5. The molecule has 0 fully saturated rings. The summed E-state index contributed by atoms with van der Waals surface area (Å²) in [5.41, 5.74) is 5.65. The van der Waals surface area contributed by atoms with Gasteiger partial charge in [-0.2, -0.15) is 0 Å². The van der Waals surface area contributed by atoms with Crippen molar-refractivity contribution in [1.29, 1.82) is 0 Å². The van der Waals surface area contributed by atoms with Crippen LogP contribution < -0.4 is 16.5 Å². The van der Waals surface area contributed by atoms with E-state index in [1.54, 1.807) is 20.3 Å². The third-order valence-corrected chi connectivity index (χ3v) is 5.46. The van der Waals surface area contributed by atoms with Crippen LogP contribution in [-0.4, -0.2) is 67.1 Å². The minimum atomic E-state index is 0.324. The Morgan fingerprint density at radius 2 is 1.74 bits per heavy atom. The Labute approximate surface area is 225 Å². The lowest BCUT2D eigenvalue weighted by Gasteiger charge is -2.12. The molecule has 0 atom stereocenters. The molecule has 0 spiro atoms. The van der Waals surface area contributed by atoms with E-state index in [-0.39, 0.29) is 0 Å². The topological polar surface area (TPSA) is 100 Å². The summed E-state index contributed by atoms with van der Waals surface area (Å²) in [5, 5.41) is 3.21. The highest BCUT2D eigenvalue weighted by Gasteiger charge is 2.17. The Morgan fingerprint density at radius 3 is 2.37 bits per heavy atom. The molecule has 1 N–H and O–H groups in total. The Bertz CT molecular complexity index is 1410. The van der Waals surface area contributed by atoms with E-state index in [0.717, 1.165) is 27.7 Å². The number of hydrogen-bond donors (Lipinski definition) is 1. The minimum absolute atomic E-state index is 0.324. The highest BCUT2D eigenvalue weighted by atomic mass is 15.1. The molecule has 0 aliphatic rings. The van der Waals surface area contributed by atoms with Gasteiger partial charge in [0.1, 0.15) is 6.34 Å².